The Hall–Kier alpha value is -2.10. The molecule has 0 aliphatic rings. The van der Waals surface area contributed by atoms with Gasteiger partial charge in [0.25, 0.3) is 5.91 Å². The van der Waals surface area contributed by atoms with Gasteiger partial charge >= 0.3 is 0 Å². The summed E-state index contributed by atoms with van der Waals surface area (Å²) < 4.78 is 5.60. The van der Waals surface area contributed by atoms with E-state index in [9.17, 15) is 4.79 Å². The molecule has 1 aromatic heterocycles. The fourth-order valence-corrected chi connectivity index (χ4v) is 1.77. The van der Waals surface area contributed by atoms with E-state index >= 15 is 0 Å². The second kappa shape index (κ2) is 5.49. The van der Waals surface area contributed by atoms with Crippen LogP contribution >= 0.6 is 0 Å². The summed E-state index contributed by atoms with van der Waals surface area (Å²) in [5, 5.41) is 2.97. The molecule has 0 saturated heterocycles. The predicted octanol–water partition coefficient (Wildman–Crippen LogP) is 3.57. The van der Waals surface area contributed by atoms with Crippen LogP contribution in [0.5, 0.6) is 0 Å². The Kier molecular flexibility index (Phi) is 3.93. The van der Waals surface area contributed by atoms with E-state index in [2.05, 4.69) is 10.3 Å². The van der Waals surface area contributed by atoms with Crippen molar-refractivity contribution in [3.63, 3.8) is 0 Å². The molecule has 20 heavy (non-hydrogen) atoms. The molecule has 1 amide bonds. The highest BCUT2D eigenvalue weighted by Gasteiger charge is 2.23. The topological polar surface area (TPSA) is 55.1 Å². The van der Waals surface area contributed by atoms with Crippen LogP contribution in [0.2, 0.25) is 0 Å². The quantitative estimate of drug-likeness (QED) is 0.925. The average Bonchev–Trinajstić information content (AvgIpc) is 2.81. The normalized spacial score (nSPS) is 11.4. The molecule has 4 nitrogen and oxygen atoms in total. The van der Waals surface area contributed by atoms with Crippen LogP contribution in [0.25, 0.3) is 11.5 Å². The van der Waals surface area contributed by atoms with E-state index in [1.807, 2.05) is 51.1 Å². The molecule has 0 aliphatic heterocycles. The number of carbonyl (C=O) groups excluding carboxylic acids is 1. The molecule has 0 atom stereocenters. The monoisotopic (exact) mass is 272 g/mol. The van der Waals surface area contributed by atoms with Crippen molar-refractivity contribution in [3.8, 4) is 11.5 Å². The van der Waals surface area contributed by atoms with Crippen molar-refractivity contribution in [2.24, 2.45) is 0 Å². The summed E-state index contributed by atoms with van der Waals surface area (Å²) in [7, 11) is 0. The maximum absolute atomic E-state index is 12.3. The highest BCUT2D eigenvalue weighted by Crippen LogP contribution is 2.21. The van der Waals surface area contributed by atoms with Gasteiger partial charge < -0.3 is 9.73 Å². The van der Waals surface area contributed by atoms with E-state index in [0.717, 1.165) is 12.0 Å². The second-order valence-electron chi connectivity index (χ2n) is 5.48. The van der Waals surface area contributed by atoms with Crippen LogP contribution in [0.4, 0.5) is 0 Å². The SMILES string of the molecule is CCC(C)(C)NC(=O)c1nc(-c2ccccc2)oc1C. The number of rotatable bonds is 4. The summed E-state index contributed by atoms with van der Waals surface area (Å²) in [6.45, 7) is 7.76. The highest BCUT2D eigenvalue weighted by atomic mass is 16.4. The number of hydrogen-bond donors (Lipinski definition) is 1. The van der Waals surface area contributed by atoms with E-state index in [-0.39, 0.29) is 11.4 Å². The van der Waals surface area contributed by atoms with Crippen LogP contribution in [0.1, 0.15) is 43.4 Å². The summed E-state index contributed by atoms with van der Waals surface area (Å²) in [6, 6.07) is 9.56. The molecule has 0 radical (unpaired) electrons. The van der Waals surface area contributed by atoms with E-state index in [1.165, 1.54) is 0 Å². The van der Waals surface area contributed by atoms with Gasteiger partial charge in [0.15, 0.2) is 5.69 Å². The summed E-state index contributed by atoms with van der Waals surface area (Å²) in [4.78, 5) is 16.6. The Balaban J connectivity index is 2.26. The Morgan fingerprint density at radius 2 is 1.95 bits per heavy atom. The largest absolute Gasteiger partial charge is 0.441 e. The van der Waals surface area contributed by atoms with Gasteiger partial charge in [-0.05, 0) is 39.3 Å². The number of hydrogen-bond acceptors (Lipinski definition) is 3. The second-order valence-corrected chi connectivity index (χ2v) is 5.48. The molecule has 2 rings (SSSR count). The molecular weight excluding hydrogens is 252 g/mol. The first-order chi connectivity index (χ1) is 9.43. The molecule has 0 unspecified atom stereocenters. The first-order valence-electron chi connectivity index (χ1n) is 6.78. The predicted molar refractivity (Wildman–Crippen MR) is 78.5 cm³/mol. The number of oxazole rings is 1. The molecule has 0 fully saturated rings. The summed E-state index contributed by atoms with van der Waals surface area (Å²) in [5.41, 5.74) is 0.963. The lowest BCUT2D eigenvalue weighted by atomic mass is 10.0. The van der Waals surface area contributed by atoms with Crippen molar-refractivity contribution in [1.82, 2.24) is 10.3 Å². The molecule has 4 heteroatoms. The van der Waals surface area contributed by atoms with Crippen molar-refractivity contribution in [3.05, 3.63) is 41.8 Å². The van der Waals surface area contributed by atoms with Gasteiger partial charge in [0.1, 0.15) is 5.76 Å². The van der Waals surface area contributed by atoms with Crippen molar-refractivity contribution in [2.75, 3.05) is 0 Å². The highest BCUT2D eigenvalue weighted by molar-refractivity contribution is 5.94. The lowest BCUT2D eigenvalue weighted by Gasteiger charge is -2.23. The molecule has 0 saturated carbocycles. The maximum atomic E-state index is 12.3. The molecule has 1 N–H and O–H groups in total. The molecule has 1 aromatic carbocycles. The third-order valence-corrected chi connectivity index (χ3v) is 3.37. The van der Waals surface area contributed by atoms with Crippen LogP contribution in [-0.4, -0.2) is 16.4 Å². The van der Waals surface area contributed by atoms with Gasteiger partial charge in [-0.3, -0.25) is 4.79 Å². The van der Waals surface area contributed by atoms with Crippen LogP contribution in [0.15, 0.2) is 34.7 Å². The molecule has 106 valence electrons. The molecule has 0 spiro atoms. The number of amides is 1. The zero-order valence-electron chi connectivity index (χ0n) is 12.4. The lowest BCUT2D eigenvalue weighted by Crippen LogP contribution is -2.43. The van der Waals surface area contributed by atoms with E-state index < -0.39 is 0 Å². The summed E-state index contributed by atoms with van der Waals surface area (Å²) >= 11 is 0. The van der Waals surface area contributed by atoms with Crippen LogP contribution in [-0.2, 0) is 0 Å². The van der Waals surface area contributed by atoms with E-state index in [1.54, 1.807) is 6.92 Å². The standard InChI is InChI=1S/C16H20N2O2/c1-5-16(3,4)18-14(19)13-11(2)20-15(17-13)12-9-7-6-8-10-12/h6-10H,5H2,1-4H3,(H,18,19). The average molecular weight is 272 g/mol. The first-order valence-corrected chi connectivity index (χ1v) is 6.78. The zero-order valence-corrected chi connectivity index (χ0v) is 12.4. The lowest BCUT2D eigenvalue weighted by molar-refractivity contribution is 0.0905. The van der Waals surface area contributed by atoms with Crippen LogP contribution < -0.4 is 5.32 Å². The molecular formula is C16H20N2O2. The van der Waals surface area contributed by atoms with E-state index in [4.69, 9.17) is 4.42 Å². The Labute approximate surface area is 119 Å². The summed E-state index contributed by atoms with van der Waals surface area (Å²) in [5.74, 6) is 0.816. The van der Waals surface area contributed by atoms with Crippen molar-refractivity contribution >= 4 is 5.91 Å². The molecule has 0 aliphatic carbocycles. The Morgan fingerprint density at radius 3 is 2.55 bits per heavy atom. The number of aromatic nitrogens is 1. The maximum Gasteiger partial charge on any atom is 0.273 e. The van der Waals surface area contributed by atoms with E-state index in [0.29, 0.717) is 17.3 Å². The van der Waals surface area contributed by atoms with Crippen molar-refractivity contribution in [2.45, 2.75) is 39.7 Å². The smallest absolute Gasteiger partial charge is 0.273 e. The van der Waals surface area contributed by atoms with Crippen LogP contribution in [0.3, 0.4) is 0 Å². The van der Waals surface area contributed by atoms with Gasteiger partial charge in [0, 0.05) is 11.1 Å². The minimum absolute atomic E-state index is 0.194. The molecule has 1 heterocycles. The van der Waals surface area contributed by atoms with Crippen molar-refractivity contribution < 1.29 is 9.21 Å². The number of benzene rings is 1. The fourth-order valence-electron chi connectivity index (χ4n) is 1.77. The Bertz CT molecular complexity index is 600. The van der Waals surface area contributed by atoms with Crippen molar-refractivity contribution in [1.29, 1.82) is 0 Å². The van der Waals surface area contributed by atoms with Gasteiger partial charge in [0.05, 0.1) is 0 Å². The number of nitrogens with one attached hydrogen (secondary N) is 1. The minimum atomic E-state index is -0.255. The zero-order chi connectivity index (χ0) is 14.8. The summed E-state index contributed by atoms with van der Waals surface area (Å²) in [6.07, 6.45) is 0.848. The third kappa shape index (κ3) is 3.07. The van der Waals surface area contributed by atoms with Gasteiger partial charge in [0.2, 0.25) is 5.89 Å². The first kappa shape index (κ1) is 14.3. The van der Waals surface area contributed by atoms with Gasteiger partial charge in [-0.25, -0.2) is 4.98 Å². The number of nitrogens with zero attached hydrogens (tertiary/aromatic N) is 1. The minimum Gasteiger partial charge on any atom is -0.441 e. The number of carbonyl (C=O) groups is 1. The molecule has 0 bridgehead atoms. The van der Waals surface area contributed by atoms with Gasteiger partial charge in [-0.15, -0.1) is 0 Å². The Morgan fingerprint density at radius 1 is 1.30 bits per heavy atom. The molecule has 2 aromatic rings. The van der Waals surface area contributed by atoms with Gasteiger partial charge in [-0.2, -0.15) is 0 Å². The fraction of sp³-hybridized carbons (Fsp3) is 0.375. The van der Waals surface area contributed by atoms with Gasteiger partial charge in [-0.1, -0.05) is 25.1 Å². The van der Waals surface area contributed by atoms with Crippen LogP contribution in [0, 0.1) is 6.92 Å². The number of aryl methyl sites for hydroxylation is 1. The third-order valence-electron chi connectivity index (χ3n) is 3.37.